The van der Waals surface area contributed by atoms with E-state index >= 15 is 0 Å². The minimum atomic E-state index is 0.428. The van der Waals surface area contributed by atoms with Crippen molar-refractivity contribution in [3.63, 3.8) is 0 Å². The Bertz CT molecular complexity index is 298. The van der Waals surface area contributed by atoms with Gasteiger partial charge in [0.2, 0.25) is 0 Å². The predicted molar refractivity (Wildman–Crippen MR) is 65.7 cm³/mol. The van der Waals surface area contributed by atoms with E-state index in [1.165, 1.54) is 5.69 Å². The Labute approximate surface area is 98.0 Å². The summed E-state index contributed by atoms with van der Waals surface area (Å²) in [5.74, 6) is 0.458. The van der Waals surface area contributed by atoms with E-state index in [0.29, 0.717) is 12.0 Å². The molecule has 0 spiro atoms. The van der Waals surface area contributed by atoms with Crippen molar-refractivity contribution < 1.29 is 4.74 Å². The van der Waals surface area contributed by atoms with Crippen LogP contribution in [-0.4, -0.2) is 36.1 Å². The van der Waals surface area contributed by atoms with Gasteiger partial charge in [0, 0.05) is 44.0 Å². The highest BCUT2D eigenvalue weighted by molar-refractivity contribution is 5.09. The number of hydrogen-bond donors (Lipinski definition) is 1. The van der Waals surface area contributed by atoms with Gasteiger partial charge in [-0.25, -0.2) is 0 Å². The van der Waals surface area contributed by atoms with Crippen LogP contribution in [0.15, 0.2) is 12.3 Å². The summed E-state index contributed by atoms with van der Waals surface area (Å²) in [6.45, 7) is 9.12. The van der Waals surface area contributed by atoms with Crippen LogP contribution in [0, 0.1) is 0 Å². The minimum Gasteiger partial charge on any atom is -0.383 e. The molecule has 0 aliphatic heterocycles. The van der Waals surface area contributed by atoms with Crippen molar-refractivity contribution in [3.05, 3.63) is 18.0 Å². The number of methoxy groups -OCH3 is 1. The van der Waals surface area contributed by atoms with E-state index in [1.54, 1.807) is 7.11 Å². The third kappa shape index (κ3) is 3.32. The van der Waals surface area contributed by atoms with E-state index < -0.39 is 0 Å². The van der Waals surface area contributed by atoms with Gasteiger partial charge in [0.25, 0.3) is 0 Å². The van der Waals surface area contributed by atoms with E-state index in [2.05, 4.69) is 41.9 Å². The summed E-state index contributed by atoms with van der Waals surface area (Å²) in [5, 5.41) is 7.76. The second-order valence-corrected chi connectivity index (χ2v) is 4.10. The van der Waals surface area contributed by atoms with Crippen molar-refractivity contribution in [2.45, 2.75) is 39.3 Å². The lowest BCUT2D eigenvalue weighted by molar-refractivity contribution is 0.195. The van der Waals surface area contributed by atoms with Crippen LogP contribution in [-0.2, 0) is 11.3 Å². The molecular weight excluding hydrogens is 202 g/mol. The SMILES string of the molecule is CCn1nccc1C(C)C(C)NCCOC. The van der Waals surface area contributed by atoms with Crippen molar-refractivity contribution in [1.82, 2.24) is 15.1 Å². The first-order valence-corrected chi connectivity index (χ1v) is 5.94. The Kier molecular flexibility index (Phi) is 5.49. The molecule has 0 amide bonds. The normalized spacial score (nSPS) is 15.0. The quantitative estimate of drug-likeness (QED) is 0.717. The second kappa shape index (κ2) is 6.66. The van der Waals surface area contributed by atoms with Crippen LogP contribution in [0.3, 0.4) is 0 Å². The molecule has 1 heterocycles. The maximum absolute atomic E-state index is 5.03. The molecule has 0 aromatic carbocycles. The van der Waals surface area contributed by atoms with Crippen molar-refractivity contribution in [3.8, 4) is 0 Å². The molecule has 16 heavy (non-hydrogen) atoms. The standard InChI is InChI=1S/C12H23N3O/c1-5-15-12(6-7-14-15)10(2)11(3)13-8-9-16-4/h6-7,10-11,13H,5,8-9H2,1-4H3. The van der Waals surface area contributed by atoms with Crippen LogP contribution in [0.25, 0.3) is 0 Å². The highest BCUT2D eigenvalue weighted by Gasteiger charge is 2.16. The van der Waals surface area contributed by atoms with Crippen molar-refractivity contribution in [2.75, 3.05) is 20.3 Å². The fourth-order valence-electron chi connectivity index (χ4n) is 1.82. The van der Waals surface area contributed by atoms with Crippen LogP contribution < -0.4 is 5.32 Å². The summed E-state index contributed by atoms with van der Waals surface area (Å²) in [7, 11) is 1.72. The number of ether oxygens (including phenoxy) is 1. The number of aryl methyl sites for hydroxylation is 1. The molecule has 0 aliphatic carbocycles. The smallest absolute Gasteiger partial charge is 0.0587 e. The molecule has 1 aromatic heterocycles. The Morgan fingerprint density at radius 3 is 2.88 bits per heavy atom. The molecular formula is C12H23N3O. The van der Waals surface area contributed by atoms with Gasteiger partial charge in [-0.05, 0) is 19.9 Å². The first kappa shape index (κ1) is 13.2. The Morgan fingerprint density at radius 2 is 2.25 bits per heavy atom. The molecule has 1 N–H and O–H groups in total. The van der Waals surface area contributed by atoms with Crippen LogP contribution in [0.5, 0.6) is 0 Å². The van der Waals surface area contributed by atoms with Crippen LogP contribution in [0.2, 0.25) is 0 Å². The van der Waals surface area contributed by atoms with Crippen molar-refractivity contribution in [1.29, 1.82) is 0 Å². The molecule has 0 saturated heterocycles. The Hall–Kier alpha value is -0.870. The van der Waals surface area contributed by atoms with Crippen LogP contribution in [0.1, 0.15) is 32.4 Å². The first-order chi connectivity index (χ1) is 7.70. The molecule has 2 atom stereocenters. The second-order valence-electron chi connectivity index (χ2n) is 4.10. The van der Waals surface area contributed by atoms with E-state index in [-0.39, 0.29) is 0 Å². The molecule has 1 rings (SSSR count). The monoisotopic (exact) mass is 225 g/mol. The van der Waals surface area contributed by atoms with E-state index in [0.717, 1.165) is 19.7 Å². The molecule has 1 aromatic rings. The van der Waals surface area contributed by atoms with E-state index in [4.69, 9.17) is 4.74 Å². The maximum Gasteiger partial charge on any atom is 0.0587 e. The lowest BCUT2D eigenvalue weighted by Gasteiger charge is -2.22. The van der Waals surface area contributed by atoms with Gasteiger partial charge < -0.3 is 10.1 Å². The summed E-state index contributed by atoms with van der Waals surface area (Å²) < 4.78 is 7.08. The highest BCUT2D eigenvalue weighted by Crippen LogP contribution is 2.18. The minimum absolute atomic E-state index is 0.428. The van der Waals surface area contributed by atoms with Gasteiger partial charge in [-0.3, -0.25) is 4.68 Å². The molecule has 92 valence electrons. The number of hydrogen-bond acceptors (Lipinski definition) is 3. The van der Waals surface area contributed by atoms with Gasteiger partial charge in [-0.1, -0.05) is 6.92 Å². The zero-order chi connectivity index (χ0) is 12.0. The lowest BCUT2D eigenvalue weighted by atomic mass is 9.99. The van der Waals surface area contributed by atoms with Gasteiger partial charge in [0.1, 0.15) is 0 Å². The third-order valence-corrected chi connectivity index (χ3v) is 3.04. The average molecular weight is 225 g/mol. The highest BCUT2D eigenvalue weighted by atomic mass is 16.5. The molecule has 2 unspecified atom stereocenters. The van der Waals surface area contributed by atoms with E-state index in [1.807, 2.05) is 6.20 Å². The Morgan fingerprint density at radius 1 is 1.50 bits per heavy atom. The van der Waals surface area contributed by atoms with Crippen LogP contribution in [0.4, 0.5) is 0 Å². The number of nitrogens with zero attached hydrogens (tertiary/aromatic N) is 2. The van der Waals surface area contributed by atoms with Gasteiger partial charge in [0.15, 0.2) is 0 Å². The molecule has 0 bridgehead atoms. The average Bonchev–Trinajstić information content (AvgIpc) is 2.76. The summed E-state index contributed by atoms with van der Waals surface area (Å²) in [6.07, 6.45) is 1.87. The van der Waals surface area contributed by atoms with Gasteiger partial charge in [-0.2, -0.15) is 5.10 Å². The number of rotatable bonds is 7. The molecule has 0 radical (unpaired) electrons. The zero-order valence-corrected chi connectivity index (χ0v) is 10.7. The number of nitrogens with one attached hydrogen (secondary N) is 1. The summed E-state index contributed by atoms with van der Waals surface area (Å²) in [4.78, 5) is 0. The summed E-state index contributed by atoms with van der Waals surface area (Å²) in [5.41, 5.74) is 1.29. The largest absolute Gasteiger partial charge is 0.383 e. The third-order valence-electron chi connectivity index (χ3n) is 3.04. The van der Waals surface area contributed by atoms with Gasteiger partial charge >= 0.3 is 0 Å². The predicted octanol–water partition coefficient (Wildman–Crippen LogP) is 1.63. The van der Waals surface area contributed by atoms with E-state index in [9.17, 15) is 0 Å². The van der Waals surface area contributed by atoms with Crippen molar-refractivity contribution in [2.24, 2.45) is 0 Å². The molecule has 0 aliphatic rings. The molecule has 0 fully saturated rings. The summed E-state index contributed by atoms with van der Waals surface area (Å²) >= 11 is 0. The molecule has 4 heteroatoms. The Balaban J connectivity index is 2.52. The lowest BCUT2D eigenvalue weighted by Crippen LogP contribution is -2.34. The van der Waals surface area contributed by atoms with Crippen LogP contribution >= 0.6 is 0 Å². The van der Waals surface area contributed by atoms with Crippen molar-refractivity contribution >= 4 is 0 Å². The van der Waals surface area contributed by atoms with Gasteiger partial charge in [-0.15, -0.1) is 0 Å². The first-order valence-electron chi connectivity index (χ1n) is 5.94. The summed E-state index contributed by atoms with van der Waals surface area (Å²) in [6, 6.07) is 2.53. The fraction of sp³-hybridized carbons (Fsp3) is 0.750. The molecule has 0 saturated carbocycles. The van der Waals surface area contributed by atoms with Gasteiger partial charge in [0.05, 0.1) is 6.61 Å². The molecule has 4 nitrogen and oxygen atoms in total. The topological polar surface area (TPSA) is 39.1 Å². The zero-order valence-electron chi connectivity index (χ0n) is 10.7. The maximum atomic E-state index is 5.03. The number of aromatic nitrogens is 2. The fourth-order valence-corrected chi connectivity index (χ4v) is 1.82.